The molecule has 0 spiro atoms. The number of carbonyl (C=O) groups excluding carboxylic acids is 1. The molecule has 0 saturated carbocycles. The van der Waals surface area contributed by atoms with Crippen molar-refractivity contribution in [3.8, 4) is 0 Å². The fraction of sp³-hybridized carbons (Fsp3) is 0.706. The molecule has 0 aromatic carbocycles. The standard InChI is InChI=1S/C17H27NO2S/c1-12-5-6-13-14(10-21-15(13)9-12)16(20)18-11-17(2,3)7-4-8-19/h10,12,19H,4-9,11H2,1-3H3,(H,18,20). The van der Waals surface area contributed by atoms with Crippen molar-refractivity contribution in [2.24, 2.45) is 11.3 Å². The molecule has 3 nitrogen and oxygen atoms in total. The van der Waals surface area contributed by atoms with Gasteiger partial charge in [0.15, 0.2) is 0 Å². The third kappa shape index (κ3) is 4.30. The molecule has 2 rings (SSSR count). The number of rotatable bonds is 6. The number of aliphatic hydroxyl groups excluding tert-OH is 1. The van der Waals surface area contributed by atoms with Crippen LogP contribution in [0.5, 0.6) is 0 Å². The van der Waals surface area contributed by atoms with E-state index in [0.29, 0.717) is 6.54 Å². The van der Waals surface area contributed by atoms with Gasteiger partial charge in [0.05, 0.1) is 5.56 Å². The summed E-state index contributed by atoms with van der Waals surface area (Å²) in [6.45, 7) is 7.42. The Bertz CT molecular complexity index is 493. The Kier molecular flexibility index (Phi) is 5.44. The summed E-state index contributed by atoms with van der Waals surface area (Å²) in [5.41, 5.74) is 2.20. The number of aliphatic hydroxyl groups is 1. The van der Waals surface area contributed by atoms with Crippen molar-refractivity contribution in [3.05, 3.63) is 21.4 Å². The highest BCUT2D eigenvalue weighted by atomic mass is 32.1. The summed E-state index contributed by atoms with van der Waals surface area (Å²) in [6.07, 6.45) is 5.05. The van der Waals surface area contributed by atoms with Gasteiger partial charge in [-0.25, -0.2) is 0 Å². The minimum atomic E-state index is 0.0307. The first kappa shape index (κ1) is 16.5. The Morgan fingerprint density at radius 3 is 3.00 bits per heavy atom. The van der Waals surface area contributed by atoms with E-state index in [9.17, 15) is 4.79 Å². The first-order chi connectivity index (χ1) is 9.93. The molecule has 4 heteroatoms. The SMILES string of the molecule is CC1CCc2c(C(=O)NCC(C)(C)CCCO)csc2C1. The van der Waals surface area contributed by atoms with Crippen LogP contribution in [-0.2, 0) is 12.8 Å². The van der Waals surface area contributed by atoms with Crippen molar-refractivity contribution < 1.29 is 9.90 Å². The van der Waals surface area contributed by atoms with Gasteiger partial charge in [0, 0.05) is 23.4 Å². The van der Waals surface area contributed by atoms with Gasteiger partial charge >= 0.3 is 0 Å². The second-order valence-corrected chi connectivity index (χ2v) is 8.04. The molecular formula is C17H27NO2S. The maximum absolute atomic E-state index is 12.4. The lowest BCUT2D eigenvalue weighted by Gasteiger charge is -2.25. The number of hydrogen-bond acceptors (Lipinski definition) is 3. The van der Waals surface area contributed by atoms with Crippen molar-refractivity contribution in [1.29, 1.82) is 0 Å². The van der Waals surface area contributed by atoms with Gasteiger partial charge in [-0.05, 0) is 49.0 Å². The minimum Gasteiger partial charge on any atom is -0.396 e. The Balaban J connectivity index is 1.95. The van der Waals surface area contributed by atoms with Gasteiger partial charge in [-0.1, -0.05) is 20.8 Å². The van der Waals surface area contributed by atoms with Crippen LogP contribution in [0.3, 0.4) is 0 Å². The van der Waals surface area contributed by atoms with Crippen molar-refractivity contribution in [2.75, 3.05) is 13.2 Å². The van der Waals surface area contributed by atoms with Gasteiger partial charge in [-0.3, -0.25) is 4.79 Å². The molecule has 1 aliphatic rings. The molecule has 0 saturated heterocycles. The highest BCUT2D eigenvalue weighted by molar-refractivity contribution is 7.10. The summed E-state index contributed by atoms with van der Waals surface area (Å²) in [7, 11) is 0. The van der Waals surface area contributed by atoms with E-state index >= 15 is 0 Å². The second kappa shape index (κ2) is 6.93. The number of fused-ring (bicyclic) bond motifs is 1. The molecule has 0 bridgehead atoms. The summed E-state index contributed by atoms with van der Waals surface area (Å²) in [4.78, 5) is 13.8. The van der Waals surface area contributed by atoms with Crippen LogP contribution in [-0.4, -0.2) is 24.2 Å². The molecule has 2 N–H and O–H groups in total. The Morgan fingerprint density at radius 1 is 1.52 bits per heavy atom. The van der Waals surface area contributed by atoms with Crippen LogP contribution in [0.15, 0.2) is 5.38 Å². The van der Waals surface area contributed by atoms with E-state index in [4.69, 9.17) is 5.11 Å². The van der Waals surface area contributed by atoms with Gasteiger partial charge in [0.1, 0.15) is 0 Å². The lowest BCUT2D eigenvalue weighted by molar-refractivity contribution is 0.0932. The number of amides is 1. The third-order valence-corrected chi connectivity index (χ3v) is 5.44. The van der Waals surface area contributed by atoms with Gasteiger partial charge < -0.3 is 10.4 Å². The molecule has 0 radical (unpaired) electrons. The Morgan fingerprint density at radius 2 is 2.29 bits per heavy atom. The maximum atomic E-state index is 12.4. The number of nitrogens with one attached hydrogen (secondary N) is 1. The largest absolute Gasteiger partial charge is 0.396 e. The second-order valence-electron chi connectivity index (χ2n) is 7.07. The lowest BCUT2D eigenvalue weighted by Crippen LogP contribution is -2.34. The molecule has 118 valence electrons. The number of carbonyl (C=O) groups is 1. The van der Waals surface area contributed by atoms with E-state index in [2.05, 4.69) is 26.1 Å². The maximum Gasteiger partial charge on any atom is 0.252 e. The average molecular weight is 309 g/mol. The molecule has 0 aliphatic heterocycles. The summed E-state index contributed by atoms with van der Waals surface area (Å²) in [5, 5.41) is 14.0. The average Bonchev–Trinajstić information content (AvgIpc) is 2.85. The molecule has 21 heavy (non-hydrogen) atoms. The minimum absolute atomic E-state index is 0.0307. The highest BCUT2D eigenvalue weighted by Gasteiger charge is 2.24. The number of thiophene rings is 1. The first-order valence-electron chi connectivity index (χ1n) is 7.91. The van der Waals surface area contributed by atoms with Crippen LogP contribution in [0.4, 0.5) is 0 Å². The monoisotopic (exact) mass is 309 g/mol. The zero-order chi connectivity index (χ0) is 15.5. The van der Waals surface area contributed by atoms with Gasteiger partial charge in [0.25, 0.3) is 5.91 Å². The molecule has 1 aliphatic carbocycles. The third-order valence-electron chi connectivity index (χ3n) is 4.39. The highest BCUT2D eigenvalue weighted by Crippen LogP contribution is 2.32. The summed E-state index contributed by atoms with van der Waals surface area (Å²) >= 11 is 1.74. The fourth-order valence-electron chi connectivity index (χ4n) is 2.93. The van der Waals surface area contributed by atoms with Crippen LogP contribution in [0, 0.1) is 11.3 Å². The predicted octanol–water partition coefficient (Wildman–Crippen LogP) is 3.40. The molecule has 1 atom stereocenters. The van der Waals surface area contributed by atoms with E-state index in [1.165, 1.54) is 16.9 Å². The van der Waals surface area contributed by atoms with Gasteiger partial charge in [-0.15, -0.1) is 11.3 Å². The summed E-state index contributed by atoms with van der Waals surface area (Å²) in [5.74, 6) is 0.809. The normalized spacial score (nSPS) is 18.4. The van der Waals surface area contributed by atoms with Gasteiger partial charge in [-0.2, -0.15) is 0 Å². The van der Waals surface area contributed by atoms with Gasteiger partial charge in [0.2, 0.25) is 0 Å². The van der Waals surface area contributed by atoms with Crippen molar-refractivity contribution in [3.63, 3.8) is 0 Å². The Labute approximate surface area is 131 Å². The fourth-order valence-corrected chi connectivity index (χ4v) is 4.17. The van der Waals surface area contributed by atoms with Crippen molar-refractivity contribution in [2.45, 2.75) is 52.9 Å². The predicted molar refractivity (Wildman–Crippen MR) is 87.9 cm³/mol. The molecule has 1 heterocycles. The van der Waals surface area contributed by atoms with Crippen LogP contribution in [0.1, 0.15) is 60.8 Å². The Hall–Kier alpha value is -0.870. The number of hydrogen-bond donors (Lipinski definition) is 2. The van der Waals surface area contributed by atoms with Crippen LogP contribution < -0.4 is 5.32 Å². The summed E-state index contributed by atoms with van der Waals surface area (Å²) < 4.78 is 0. The molecular weight excluding hydrogens is 282 g/mol. The molecule has 1 unspecified atom stereocenters. The van der Waals surface area contributed by atoms with E-state index in [1.54, 1.807) is 11.3 Å². The molecule has 1 aromatic rings. The van der Waals surface area contributed by atoms with E-state index in [-0.39, 0.29) is 17.9 Å². The first-order valence-corrected chi connectivity index (χ1v) is 8.79. The molecule has 0 fully saturated rings. The van der Waals surface area contributed by atoms with E-state index in [0.717, 1.165) is 37.2 Å². The molecule has 1 amide bonds. The smallest absolute Gasteiger partial charge is 0.252 e. The van der Waals surface area contributed by atoms with E-state index in [1.807, 2.05) is 5.38 Å². The van der Waals surface area contributed by atoms with Crippen LogP contribution >= 0.6 is 11.3 Å². The topological polar surface area (TPSA) is 49.3 Å². The van der Waals surface area contributed by atoms with Crippen LogP contribution in [0.2, 0.25) is 0 Å². The van der Waals surface area contributed by atoms with Crippen molar-refractivity contribution in [1.82, 2.24) is 5.32 Å². The zero-order valence-corrected chi connectivity index (χ0v) is 14.2. The van der Waals surface area contributed by atoms with E-state index < -0.39 is 0 Å². The van der Waals surface area contributed by atoms with Crippen molar-refractivity contribution >= 4 is 17.2 Å². The quantitative estimate of drug-likeness (QED) is 0.846. The molecule has 1 aromatic heterocycles. The zero-order valence-electron chi connectivity index (χ0n) is 13.4. The lowest BCUT2D eigenvalue weighted by atomic mass is 9.87. The van der Waals surface area contributed by atoms with Crippen LogP contribution in [0.25, 0.3) is 0 Å². The summed E-state index contributed by atoms with van der Waals surface area (Å²) in [6, 6.07) is 0.